The van der Waals surface area contributed by atoms with E-state index in [0.717, 1.165) is 23.4 Å². The molecule has 0 aliphatic carbocycles. The first-order chi connectivity index (χ1) is 17.5. The lowest BCUT2D eigenvalue weighted by molar-refractivity contribution is -0.604. The van der Waals surface area contributed by atoms with Gasteiger partial charge < -0.3 is 4.13 Å². The number of aromatic nitrogens is 6. The van der Waals surface area contributed by atoms with Crippen molar-refractivity contribution in [2.45, 2.75) is 69.1 Å². The molecule has 222 valence electrons. The van der Waals surface area contributed by atoms with Gasteiger partial charge >= 0.3 is 23.0 Å². The third kappa shape index (κ3) is 8.16. The van der Waals surface area contributed by atoms with Crippen molar-refractivity contribution in [2.24, 2.45) is 7.05 Å². The number of sulfonamides is 2. The molecule has 0 aromatic carbocycles. The summed E-state index contributed by atoms with van der Waals surface area (Å²) in [6, 6.07) is 0.105. The SMILES string of the molecule is Cn1c[n+](-c2ncnc(OON3C(C)(C)CCCC3(C)C)n2)cn1.O=S(=O)([N-]S(=O)(=O)C(F)(F)F)C(F)(F)F. The summed E-state index contributed by atoms with van der Waals surface area (Å²) in [6.07, 6.45) is 7.97. The molecule has 0 atom stereocenters. The topological polar surface area (TPSA) is 164 Å². The third-order valence-corrected chi connectivity index (χ3v) is 7.80. The molecule has 0 bridgehead atoms. The van der Waals surface area contributed by atoms with Crippen molar-refractivity contribution in [3.63, 3.8) is 0 Å². The Labute approximate surface area is 218 Å². The summed E-state index contributed by atoms with van der Waals surface area (Å²) in [4.78, 5) is 23.4. The van der Waals surface area contributed by atoms with E-state index in [-0.39, 0.29) is 17.1 Å². The number of rotatable bonds is 6. The normalized spacial score (nSPS) is 18.2. The van der Waals surface area contributed by atoms with Crippen LogP contribution in [0, 0.1) is 0 Å². The number of halogens is 6. The first kappa shape index (κ1) is 32.5. The monoisotopic (exact) mass is 614 g/mol. The quantitative estimate of drug-likeness (QED) is 0.203. The Kier molecular flexibility index (Phi) is 9.22. The van der Waals surface area contributed by atoms with Crippen molar-refractivity contribution in [2.75, 3.05) is 0 Å². The summed E-state index contributed by atoms with van der Waals surface area (Å²) in [5.41, 5.74) is -12.7. The fraction of sp³-hybridized carbons (Fsp3) is 0.706. The zero-order valence-electron chi connectivity index (χ0n) is 21.0. The maximum absolute atomic E-state index is 11.4. The van der Waals surface area contributed by atoms with E-state index in [1.807, 2.05) is 12.1 Å². The third-order valence-electron chi connectivity index (χ3n) is 5.06. The average Bonchev–Trinajstić information content (AvgIpc) is 3.17. The Balaban J connectivity index is 0.000000309. The van der Waals surface area contributed by atoms with Crippen LogP contribution in [-0.4, -0.2) is 68.7 Å². The van der Waals surface area contributed by atoms with E-state index in [2.05, 4.69) is 47.7 Å². The second-order valence-corrected chi connectivity index (χ2v) is 12.7. The molecule has 0 radical (unpaired) electrons. The van der Waals surface area contributed by atoms with Gasteiger partial charge in [-0.3, -0.25) is 4.89 Å². The summed E-state index contributed by atoms with van der Waals surface area (Å²) in [5, 5.41) is 5.97. The predicted octanol–water partition coefficient (Wildman–Crippen LogP) is 2.21. The van der Waals surface area contributed by atoms with Gasteiger partial charge in [0.1, 0.15) is 0 Å². The molecule has 0 amide bonds. The van der Waals surface area contributed by atoms with Crippen LogP contribution in [0.2, 0.25) is 0 Å². The van der Waals surface area contributed by atoms with Gasteiger partial charge in [-0.25, -0.2) is 16.8 Å². The fourth-order valence-electron chi connectivity index (χ4n) is 3.38. The molecule has 14 nitrogen and oxygen atoms in total. The van der Waals surface area contributed by atoms with Crippen LogP contribution >= 0.6 is 0 Å². The highest BCUT2D eigenvalue weighted by Crippen LogP contribution is 2.38. The smallest absolute Gasteiger partial charge is 0.421 e. The first-order valence-electron chi connectivity index (χ1n) is 10.6. The van der Waals surface area contributed by atoms with E-state index >= 15 is 0 Å². The van der Waals surface area contributed by atoms with E-state index in [1.165, 1.54) is 6.33 Å². The first-order valence-corrected chi connectivity index (χ1v) is 13.5. The van der Waals surface area contributed by atoms with Crippen LogP contribution < -0.4 is 9.45 Å². The number of hydrogen-bond acceptors (Lipinski definition) is 11. The number of aryl methyl sites for hydroxylation is 1. The Bertz CT molecular complexity index is 1300. The second-order valence-electron chi connectivity index (χ2n) is 9.24. The lowest BCUT2D eigenvalue weighted by atomic mass is 9.82. The predicted molar refractivity (Wildman–Crippen MR) is 117 cm³/mol. The number of alkyl halides is 6. The van der Waals surface area contributed by atoms with Gasteiger partial charge in [-0.15, -0.1) is 10.0 Å². The molecule has 1 aliphatic rings. The zero-order chi connectivity index (χ0) is 30.1. The van der Waals surface area contributed by atoms with Gasteiger partial charge in [-0.05, 0) is 52.1 Å². The lowest BCUT2D eigenvalue weighted by Gasteiger charge is -2.49. The molecule has 22 heteroatoms. The second kappa shape index (κ2) is 11.1. The number of hydrogen-bond donors (Lipinski definition) is 0. The molecule has 1 aliphatic heterocycles. The molecular weight excluding hydrogens is 590 g/mol. The summed E-state index contributed by atoms with van der Waals surface area (Å²) in [6.45, 7) is 8.56. The van der Waals surface area contributed by atoms with Crippen LogP contribution in [0.4, 0.5) is 26.3 Å². The molecular formula is C17H24F6N8O6S2. The van der Waals surface area contributed by atoms with Crippen LogP contribution in [0.25, 0.3) is 10.1 Å². The molecule has 0 unspecified atom stereocenters. The van der Waals surface area contributed by atoms with Gasteiger partial charge in [0.25, 0.3) is 0 Å². The maximum atomic E-state index is 11.4. The zero-order valence-corrected chi connectivity index (χ0v) is 22.6. The van der Waals surface area contributed by atoms with E-state index in [1.54, 1.807) is 21.9 Å². The van der Waals surface area contributed by atoms with Crippen LogP contribution in [0.5, 0.6) is 6.01 Å². The minimum atomic E-state index is -6.72. The van der Waals surface area contributed by atoms with Crippen LogP contribution in [0.1, 0.15) is 47.0 Å². The van der Waals surface area contributed by atoms with E-state index in [9.17, 15) is 43.2 Å². The van der Waals surface area contributed by atoms with Crippen molar-refractivity contribution in [1.82, 2.24) is 29.8 Å². The summed E-state index contributed by atoms with van der Waals surface area (Å²) in [7, 11) is -11.6. The largest absolute Gasteiger partial charge is 0.480 e. The molecule has 3 heterocycles. The maximum Gasteiger partial charge on any atom is 0.480 e. The minimum absolute atomic E-state index is 0.105. The van der Waals surface area contributed by atoms with Gasteiger partial charge in [0.2, 0.25) is 6.33 Å². The van der Waals surface area contributed by atoms with Crippen molar-refractivity contribution in [3.8, 4) is 12.0 Å². The summed E-state index contributed by atoms with van der Waals surface area (Å²) < 4.78 is 113. The standard InChI is InChI=1S/C15H24N7O2.C2F6NO4S2/c1-14(2)7-6-8-15(3,4)22(14)24-23-13-17-9-16-12(19-13)21-10-18-20(5)11-21;3-1(4,5)14(10,11)9-15(12,13)2(6,7)8/h9-11H,6-8H2,1-5H3;/q+1;-1. The molecule has 3 rings (SSSR count). The van der Waals surface area contributed by atoms with E-state index in [4.69, 9.17) is 9.88 Å². The molecule has 0 spiro atoms. The highest BCUT2D eigenvalue weighted by molar-refractivity contribution is 8.13. The molecule has 1 saturated heterocycles. The average molecular weight is 615 g/mol. The Morgan fingerprint density at radius 1 is 0.949 bits per heavy atom. The summed E-state index contributed by atoms with van der Waals surface area (Å²) >= 11 is 0. The van der Waals surface area contributed by atoms with Crippen LogP contribution in [-0.2, 0) is 32.1 Å². The van der Waals surface area contributed by atoms with Crippen molar-refractivity contribution >= 4 is 20.0 Å². The van der Waals surface area contributed by atoms with Gasteiger partial charge in [0.05, 0.1) is 7.05 Å². The van der Waals surface area contributed by atoms with Crippen molar-refractivity contribution in [3.05, 3.63) is 23.1 Å². The van der Waals surface area contributed by atoms with Crippen LogP contribution in [0.15, 0.2) is 19.0 Å². The Hall–Kier alpha value is -2.69. The molecule has 2 aromatic rings. The van der Waals surface area contributed by atoms with Crippen molar-refractivity contribution in [1.29, 1.82) is 0 Å². The van der Waals surface area contributed by atoms with Gasteiger partial charge in [-0.2, -0.15) is 40.6 Å². The van der Waals surface area contributed by atoms with Gasteiger partial charge in [-0.1, -0.05) is 9.97 Å². The number of piperidine rings is 1. The van der Waals surface area contributed by atoms with Gasteiger partial charge in [0, 0.05) is 11.1 Å². The van der Waals surface area contributed by atoms with Gasteiger partial charge in [0.15, 0.2) is 32.7 Å². The van der Waals surface area contributed by atoms with Crippen molar-refractivity contribution < 1.29 is 57.6 Å². The highest BCUT2D eigenvalue weighted by Gasteiger charge is 2.47. The molecule has 1 fully saturated rings. The molecule has 0 N–H and O–H groups in total. The lowest BCUT2D eigenvalue weighted by Crippen LogP contribution is -2.58. The summed E-state index contributed by atoms with van der Waals surface area (Å²) in [5.74, 6) is 0.411. The fourth-order valence-corrected chi connectivity index (χ4v) is 5.09. The highest BCUT2D eigenvalue weighted by atomic mass is 32.3. The minimum Gasteiger partial charge on any atom is -0.421 e. The van der Waals surface area contributed by atoms with E-state index < -0.39 is 31.1 Å². The molecule has 2 aromatic heterocycles. The Morgan fingerprint density at radius 3 is 1.90 bits per heavy atom. The number of hydroxylamine groups is 2. The van der Waals surface area contributed by atoms with E-state index in [0.29, 0.717) is 5.95 Å². The molecule has 39 heavy (non-hydrogen) atoms. The Morgan fingerprint density at radius 2 is 1.46 bits per heavy atom. The molecule has 0 saturated carbocycles. The number of nitrogens with zero attached hydrogens (tertiary/aromatic N) is 8. The van der Waals surface area contributed by atoms with Crippen LogP contribution in [0.3, 0.4) is 0 Å².